The summed E-state index contributed by atoms with van der Waals surface area (Å²) in [6, 6.07) is 7.35. The monoisotopic (exact) mass is 342 g/mol. The molecule has 23 heavy (non-hydrogen) atoms. The van der Waals surface area contributed by atoms with Crippen LogP contribution in [0.25, 0.3) is 0 Å². The van der Waals surface area contributed by atoms with Crippen molar-refractivity contribution in [2.45, 2.75) is 18.3 Å². The van der Waals surface area contributed by atoms with E-state index in [1.165, 1.54) is 0 Å². The van der Waals surface area contributed by atoms with E-state index in [-0.39, 0.29) is 16.7 Å². The highest BCUT2D eigenvalue weighted by atomic mass is 32.2. The standard InChI is InChI=1S/C15H13F3N2O2S/c1-2-22-11-5-3-10(4-6-11)12(21)9-23-14-19-8-7-13(20-14)15(16,17)18/h3-8H,2,9H2,1H3. The molecule has 0 unspecified atom stereocenters. The Hall–Kier alpha value is -2.09. The highest BCUT2D eigenvalue weighted by molar-refractivity contribution is 7.99. The van der Waals surface area contributed by atoms with Gasteiger partial charge in [-0.2, -0.15) is 13.2 Å². The second-order valence-electron chi connectivity index (χ2n) is 4.39. The lowest BCUT2D eigenvalue weighted by Crippen LogP contribution is -2.09. The maximum atomic E-state index is 12.6. The van der Waals surface area contributed by atoms with Crippen LogP contribution in [-0.4, -0.2) is 28.1 Å². The van der Waals surface area contributed by atoms with Crippen molar-refractivity contribution in [3.63, 3.8) is 0 Å². The van der Waals surface area contributed by atoms with Crippen molar-refractivity contribution in [1.82, 2.24) is 9.97 Å². The van der Waals surface area contributed by atoms with Crippen LogP contribution in [0.5, 0.6) is 5.75 Å². The largest absolute Gasteiger partial charge is 0.494 e. The minimum Gasteiger partial charge on any atom is -0.494 e. The predicted molar refractivity (Wildman–Crippen MR) is 79.7 cm³/mol. The number of alkyl halides is 3. The number of ether oxygens (including phenoxy) is 1. The lowest BCUT2D eigenvalue weighted by Gasteiger charge is -2.07. The maximum absolute atomic E-state index is 12.6. The molecule has 0 bridgehead atoms. The minimum absolute atomic E-state index is 0.0463. The third kappa shape index (κ3) is 4.95. The van der Waals surface area contributed by atoms with E-state index in [0.717, 1.165) is 24.0 Å². The Morgan fingerprint density at radius 2 is 1.91 bits per heavy atom. The molecule has 2 rings (SSSR count). The first kappa shape index (κ1) is 17.3. The molecule has 1 heterocycles. The molecule has 8 heteroatoms. The summed E-state index contributed by atoms with van der Waals surface area (Å²) < 4.78 is 42.9. The van der Waals surface area contributed by atoms with Crippen LogP contribution in [0.2, 0.25) is 0 Å². The van der Waals surface area contributed by atoms with Gasteiger partial charge in [-0.1, -0.05) is 11.8 Å². The molecular weight excluding hydrogens is 329 g/mol. The van der Waals surface area contributed by atoms with Gasteiger partial charge in [0, 0.05) is 11.8 Å². The van der Waals surface area contributed by atoms with Crippen molar-refractivity contribution in [3.05, 3.63) is 47.8 Å². The van der Waals surface area contributed by atoms with E-state index in [0.29, 0.717) is 17.9 Å². The molecule has 0 saturated carbocycles. The fourth-order valence-corrected chi connectivity index (χ4v) is 2.41. The molecule has 1 aromatic heterocycles. The molecule has 0 fully saturated rings. The summed E-state index contributed by atoms with van der Waals surface area (Å²) in [7, 11) is 0. The molecule has 4 nitrogen and oxygen atoms in total. The normalized spacial score (nSPS) is 11.3. The fourth-order valence-electron chi connectivity index (χ4n) is 1.69. The number of hydrogen-bond acceptors (Lipinski definition) is 5. The average Bonchev–Trinajstić information content (AvgIpc) is 2.53. The Morgan fingerprint density at radius 1 is 1.22 bits per heavy atom. The number of carbonyl (C=O) groups excluding carboxylic acids is 1. The Bertz CT molecular complexity index is 675. The summed E-state index contributed by atoms with van der Waals surface area (Å²) in [5.41, 5.74) is -0.573. The molecule has 0 aliphatic carbocycles. The van der Waals surface area contributed by atoms with E-state index in [1.54, 1.807) is 24.3 Å². The number of Topliss-reactive ketones (excluding diaryl/α,β-unsaturated/α-hetero) is 1. The number of benzene rings is 1. The molecule has 0 amide bonds. The number of ketones is 1. The first-order valence-electron chi connectivity index (χ1n) is 6.69. The Kier molecular flexibility index (Phi) is 5.59. The van der Waals surface area contributed by atoms with Gasteiger partial charge in [0.1, 0.15) is 11.4 Å². The van der Waals surface area contributed by atoms with Crippen LogP contribution in [0, 0.1) is 0 Å². The van der Waals surface area contributed by atoms with Crippen molar-refractivity contribution < 1.29 is 22.7 Å². The number of rotatable bonds is 6. The first-order chi connectivity index (χ1) is 10.9. The van der Waals surface area contributed by atoms with Crippen LogP contribution < -0.4 is 4.74 Å². The van der Waals surface area contributed by atoms with Gasteiger partial charge >= 0.3 is 6.18 Å². The topological polar surface area (TPSA) is 52.1 Å². The third-order valence-corrected chi connectivity index (χ3v) is 3.60. The van der Waals surface area contributed by atoms with Crippen LogP contribution in [0.4, 0.5) is 13.2 Å². The van der Waals surface area contributed by atoms with Gasteiger partial charge in [0.25, 0.3) is 0 Å². The van der Waals surface area contributed by atoms with Crippen molar-refractivity contribution in [2.75, 3.05) is 12.4 Å². The number of carbonyl (C=O) groups is 1. The second-order valence-corrected chi connectivity index (χ2v) is 5.33. The van der Waals surface area contributed by atoms with Gasteiger partial charge in [-0.3, -0.25) is 4.79 Å². The van der Waals surface area contributed by atoms with E-state index in [2.05, 4.69) is 9.97 Å². The van der Waals surface area contributed by atoms with Crippen LogP contribution >= 0.6 is 11.8 Å². The Balaban J connectivity index is 1.99. The van der Waals surface area contributed by atoms with Gasteiger partial charge in [0.2, 0.25) is 0 Å². The molecular formula is C15H13F3N2O2S. The molecule has 0 aliphatic heterocycles. The van der Waals surface area contributed by atoms with Gasteiger partial charge in [-0.15, -0.1) is 0 Å². The van der Waals surface area contributed by atoms with E-state index in [4.69, 9.17) is 4.74 Å². The summed E-state index contributed by atoms with van der Waals surface area (Å²) >= 11 is 0.865. The first-order valence-corrected chi connectivity index (χ1v) is 7.68. The number of halogens is 3. The van der Waals surface area contributed by atoms with Crippen LogP contribution in [0.3, 0.4) is 0 Å². The molecule has 1 aromatic carbocycles. The summed E-state index contributed by atoms with van der Waals surface area (Å²) in [6.45, 7) is 2.38. The zero-order valence-corrected chi connectivity index (χ0v) is 12.9. The van der Waals surface area contributed by atoms with Gasteiger partial charge in [0.15, 0.2) is 10.9 Å². The van der Waals surface area contributed by atoms with Crippen LogP contribution in [0.1, 0.15) is 23.0 Å². The SMILES string of the molecule is CCOc1ccc(C(=O)CSc2nccc(C(F)(F)F)n2)cc1. The Morgan fingerprint density at radius 3 is 2.52 bits per heavy atom. The fraction of sp³-hybridized carbons (Fsp3) is 0.267. The van der Waals surface area contributed by atoms with Crippen molar-refractivity contribution in [3.8, 4) is 5.75 Å². The molecule has 0 saturated heterocycles. The van der Waals surface area contributed by atoms with Crippen molar-refractivity contribution in [1.29, 1.82) is 0 Å². The summed E-state index contributed by atoms with van der Waals surface area (Å²) in [5, 5.41) is -0.0842. The van der Waals surface area contributed by atoms with Gasteiger partial charge < -0.3 is 4.74 Å². The van der Waals surface area contributed by atoms with Crippen molar-refractivity contribution in [2.24, 2.45) is 0 Å². The molecule has 0 atom stereocenters. The van der Waals surface area contributed by atoms with Gasteiger partial charge in [-0.05, 0) is 37.3 Å². The van der Waals surface area contributed by atoms with E-state index >= 15 is 0 Å². The number of nitrogens with zero attached hydrogens (tertiary/aromatic N) is 2. The molecule has 2 aromatic rings. The van der Waals surface area contributed by atoms with Gasteiger partial charge in [-0.25, -0.2) is 9.97 Å². The number of thioether (sulfide) groups is 1. The molecule has 0 spiro atoms. The van der Waals surface area contributed by atoms with E-state index in [1.807, 2.05) is 6.92 Å². The molecule has 122 valence electrons. The number of aromatic nitrogens is 2. The number of hydrogen-bond donors (Lipinski definition) is 0. The quantitative estimate of drug-likeness (QED) is 0.453. The smallest absolute Gasteiger partial charge is 0.433 e. The summed E-state index contributed by atoms with van der Waals surface area (Å²) in [4.78, 5) is 19.2. The zero-order chi connectivity index (χ0) is 16.9. The van der Waals surface area contributed by atoms with Crippen molar-refractivity contribution >= 4 is 17.5 Å². The Labute approximate surface area is 135 Å². The van der Waals surface area contributed by atoms with E-state index < -0.39 is 11.9 Å². The van der Waals surface area contributed by atoms with Gasteiger partial charge in [0.05, 0.1) is 12.4 Å². The van der Waals surface area contributed by atoms with E-state index in [9.17, 15) is 18.0 Å². The second kappa shape index (κ2) is 7.45. The van der Waals surface area contributed by atoms with Crippen LogP contribution in [0.15, 0.2) is 41.7 Å². The predicted octanol–water partition coefficient (Wildman–Crippen LogP) is 3.87. The average molecular weight is 342 g/mol. The molecule has 0 aliphatic rings. The summed E-state index contributed by atoms with van der Waals surface area (Å²) in [6.07, 6.45) is -3.50. The lowest BCUT2D eigenvalue weighted by atomic mass is 10.1. The summed E-state index contributed by atoms with van der Waals surface area (Å²) in [5.74, 6) is 0.381. The maximum Gasteiger partial charge on any atom is 0.433 e. The zero-order valence-electron chi connectivity index (χ0n) is 12.1. The lowest BCUT2D eigenvalue weighted by molar-refractivity contribution is -0.141. The minimum atomic E-state index is -4.53. The highest BCUT2D eigenvalue weighted by Gasteiger charge is 2.32. The molecule has 0 radical (unpaired) electrons. The molecule has 0 N–H and O–H groups in total. The highest BCUT2D eigenvalue weighted by Crippen LogP contribution is 2.28. The third-order valence-electron chi connectivity index (χ3n) is 2.74. The van der Waals surface area contributed by atoms with Crippen LogP contribution in [-0.2, 0) is 6.18 Å².